The number of aliphatic imine (C=N–C) groups is 1. The van der Waals surface area contributed by atoms with Crippen LogP contribution in [-0.4, -0.2) is 37.8 Å². The number of ether oxygens (including phenoxy) is 2. The van der Waals surface area contributed by atoms with Crippen LogP contribution in [-0.2, 0) is 13.1 Å². The maximum absolute atomic E-state index is 5.61. The van der Waals surface area contributed by atoms with Crippen molar-refractivity contribution in [1.29, 1.82) is 0 Å². The Kier molecular flexibility index (Phi) is 7.01. The van der Waals surface area contributed by atoms with E-state index in [0.29, 0.717) is 13.2 Å². The highest BCUT2D eigenvalue weighted by Gasteiger charge is 2.06. The van der Waals surface area contributed by atoms with Crippen LogP contribution < -0.4 is 20.1 Å². The average molecular weight is 330 g/mol. The van der Waals surface area contributed by atoms with Gasteiger partial charge in [0.1, 0.15) is 0 Å². The predicted octanol–water partition coefficient (Wildman–Crippen LogP) is 2.26. The molecule has 2 aromatic rings. The number of hydrogen-bond donors (Lipinski definition) is 2. The van der Waals surface area contributed by atoms with Gasteiger partial charge >= 0.3 is 0 Å². The first-order chi connectivity index (χ1) is 11.8. The van der Waals surface area contributed by atoms with E-state index in [1.165, 1.54) is 0 Å². The second-order valence-corrected chi connectivity index (χ2v) is 5.19. The molecule has 0 atom stereocenters. The van der Waals surface area contributed by atoms with Crippen molar-refractivity contribution >= 4 is 5.96 Å². The van der Waals surface area contributed by atoms with E-state index in [1.807, 2.05) is 49.6 Å². The van der Waals surface area contributed by atoms with Crippen LogP contribution in [0.25, 0.3) is 0 Å². The molecule has 24 heavy (non-hydrogen) atoms. The minimum absolute atomic E-state index is 0.607. The van der Waals surface area contributed by atoms with Gasteiger partial charge in [0.25, 0.3) is 0 Å². The third-order valence-electron chi connectivity index (χ3n) is 3.54. The molecule has 0 aliphatic heterocycles. The minimum atomic E-state index is 0.607. The Hall–Kier alpha value is -2.63. The number of methoxy groups -OCH3 is 1. The summed E-state index contributed by atoms with van der Waals surface area (Å²) in [6.45, 7) is 4.93. The van der Waals surface area contributed by atoms with Crippen molar-refractivity contribution in [2.24, 2.45) is 4.99 Å². The molecule has 0 bridgehead atoms. The van der Waals surface area contributed by atoms with Gasteiger partial charge in [0.05, 0.1) is 13.7 Å². The summed E-state index contributed by atoms with van der Waals surface area (Å²) in [4.78, 5) is 4.24. The molecule has 130 valence electrons. The SMILES string of the molecule is CCOc1cc(CNC(=NC)NCCn2cccc2)ccc1OC. The number of aromatic nitrogens is 1. The Morgan fingerprint density at radius 3 is 2.62 bits per heavy atom. The summed E-state index contributed by atoms with van der Waals surface area (Å²) in [6, 6.07) is 9.97. The first-order valence-corrected chi connectivity index (χ1v) is 8.11. The Bertz CT molecular complexity index is 638. The zero-order valence-electron chi connectivity index (χ0n) is 14.6. The molecule has 0 amide bonds. The van der Waals surface area contributed by atoms with E-state index in [9.17, 15) is 0 Å². The fourth-order valence-electron chi connectivity index (χ4n) is 2.33. The number of guanidine groups is 1. The van der Waals surface area contributed by atoms with E-state index in [1.54, 1.807) is 14.2 Å². The third kappa shape index (κ3) is 5.22. The van der Waals surface area contributed by atoms with Gasteiger partial charge in [-0.15, -0.1) is 0 Å². The molecule has 1 aromatic heterocycles. The van der Waals surface area contributed by atoms with Crippen molar-refractivity contribution < 1.29 is 9.47 Å². The molecule has 0 fully saturated rings. The third-order valence-corrected chi connectivity index (χ3v) is 3.54. The summed E-state index contributed by atoms with van der Waals surface area (Å²) in [5.74, 6) is 2.28. The van der Waals surface area contributed by atoms with Crippen molar-refractivity contribution in [2.45, 2.75) is 20.0 Å². The molecule has 1 heterocycles. The number of benzene rings is 1. The highest BCUT2D eigenvalue weighted by molar-refractivity contribution is 5.79. The van der Waals surface area contributed by atoms with Gasteiger partial charge in [-0.3, -0.25) is 4.99 Å². The lowest BCUT2D eigenvalue weighted by Gasteiger charge is -2.14. The van der Waals surface area contributed by atoms with Gasteiger partial charge in [-0.2, -0.15) is 0 Å². The summed E-state index contributed by atoms with van der Waals surface area (Å²) in [5.41, 5.74) is 1.10. The van der Waals surface area contributed by atoms with Gasteiger partial charge in [0.15, 0.2) is 17.5 Å². The van der Waals surface area contributed by atoms with Crippen molar-refractivity contribution in [3.63, 3.8) is 0 Å². The Balaban J connectivity index is 1.84. The molecule has 0 saturated heterocycles. The fourth-order valence-corrected chi connectivity index (χ4v) is 2.33. The van der Waals surface area contributed by atoms with Crippen molar-refractivity contribution in [2.75, 3.05) is 27.3 Å². The van der Waals surface area contributed by atoms with Crippen LogP contribution in [0, 0.1) is 0 Å². The predicted molar refractivity (Wildman–Crippen MR) is 96.8 cm³/mol. The quantitative estimate of drug-likeness (QED) is 0.576. The topological polar surface area (TPSA) is 59.8 Å². The number of rotatable bonds is 8. The van der Waals surface area contributed by atoms with Gasteiger partial charge < -0.3 is 24.7 Å². The van der Waals surface area contributed by atoms with Crippen LogP contribution in [0.15, 0.2) is 47.7 Å². The second-order valence-electron chi connectivity index (χ2n) is 5.19. The highest BCUT2D eigenvalue weighted by Crippen LogP contribution is 2.27. The van der Waals surface area contributed by atoms with E-state index >= 15 is 0 Å². The van der Waals surface area contributed by atoms with Crippen molar-refractivity contribution in [3.8, 4) is 11.5 Å². The first kappa shape index (κ1) is 17.7. The highest BCUT2D eigenvalue weighted by atomic mass is 16.5. The normalized spacial score (nSPS) is 11.2. The Morgan fingerprint density at radius 1 is 1.17 bits per heavy atom. The van der Waals surface area contributed by atoms with Crippen LogP contribution in [0.5, 0.6) is 11.5 Å². The largest absolute Gasteiger partial charge is 0.493 e. The number of nitrogens with one attached hydrogen (secondary N) is 2. The van der Waals surface area contributed by atoms with E-state index in [-0.39, 0.29) is 0 Å². The molecule has 6 heteroatoms. The first-order valence-electron chi connectivity index (χ1n) is 8.11. The van der Waals surface area contributed by atoms with Crippen molar-refractivity contribution in [3.05, 3.63) is 48.3 Å². The van der Waals surface area contributed by atoms with E-state index in [0.717, 1.165) is 36.1 Å². The van der Waals surface area contributed by atoms with Crippen LogP contribution >= 0.6 is 0 Å². The molecule has 0 aliphatic carbocycles. The Labute approximate surface area is 143 Å². The zero-order valence-corrected chi connectivity index (χ0v) is 14.6. The molecular weight excluding hydrogens is 304 g/mol. The second kappa shape index (κ2) is 9.50. The number of hydrogen-bond acceptors (Lipinski definition) is 3. The lowest BCUT2D eigenvalue weighted by Crippen LogP contribution is -2.38. The molecule has 2 rings (SSSR count). The summed E-state index contributed by atoms with van der Waals surface area (Å²) < 4.78 is 13.0. The molecule has 1 aromatic carbocycles. The van der Waals surface area contributed by atoms with E-state index in [4.69, 9.17) is 9.47 Å². The molecule has 0 unspecified atom stereocenters. The fraction of sp³-hybridized carbons (Fsp3) is 0.389. The smallest absolute Gasteiger partial charge is 0.191 e. The van der Waals surface area contributed by atoms with E-state index in [2.05, 4.69) is 20.2 Å². The standard InChI is InChI=1S/C18H26N4O2/c1-4-24-17-13-15(7-8-16(17)23-3)14-21-18(19-2)20-9-12-22-10-5-6-11-22/h5-8,10-11,13H,4,9,12,14H2,1-3H3,(H2,19,20,21). The minimum Gasteiger partial charge on any atom is -0.493 e. The Morgan fingerprint density at radius 2 is 1.96 bits per heavy atom. The molecule has 0 spiro atoms. The van der Waals surface area contributed by atoms with Gasteiger partial charge in [-0.25, -0.2) is 0 Å². The summed E-state index contributed by atoms with van der Waals surface area (Å²) in [6.07, 6.45) is 4.09. The number of nitrogens with zero attached hydrogens (tertiary/aromatic N) is 2. The molecule has 6 nitrogen and oxygen atoms in total. The van der Waals surface area contributed by atoms with Gasteiger partial charge in [-0.1, -0.05) is 6.07 Å². The van der Waals surface area contributed by atoms with Gasteiger partial charge in [0.2, 0.25) is 0 Å². The summed E-state index contributed by atoms with van der Waals surface area (Å²) >= 11 is 0. The van der Waals surface area contributed by atoms with E-state index < -0.39 is 0 Å². The maximum Gasteiger partial charge on any atom is 0.191 e. The lowest BCUT2D eigenvalue weighted by atomic mass is 10.2. The molecule has 2 N–H and O–H groups in total. The molecule has 0 saturated carbocycles. The van der Waals surface area contributed by atoms with Gasteiger partial charge in [-0.05, 0) is 36.8 Å². The monoisotopic (exact) mass is 330 g/mol. The maximum atomic E-state index is 5.61. The lowest BCUT2D eigenvalue weighted by molar-refractivity contribution is 0.310. The molecular formula is C18H26N4O2. The van der Waals surface area contributed by atoms with Crippen LogP contribution in [0.3, 0.4) is 0 Å². The summed E-state index contributed by atoms with van der Waals surface area (Å²) in [7, 11) is 3.41. The molecule has 0 aliphatic rings. The average Bonchev–Trinajstić information content (AvgIpc) is 3.12. The van der Waals surface area contributed by atoms with Crippen LogP contribution in [0.1, 0.15) is 12.5 Å². The molecule has 0 radical (unpaired) electrons. The van der Waals surface area contributed by atoms with Crippen LogP contribution in [0.2, 0.25) is 0 Å². The van der Waals surface area contributed by atoms with Gasteiger partial charge in [0, 0.05) is 39.1 Å². The van der Waals surface area contributed by atoms with Crippen LogP contribution in [0.4, 0.5) is 0 Å². The van der Waals surface area contributed by atoms with Crippen molar-refractivity contribution in [1.82, 2.24) is 15.2 Å². The zero-order chi connectivity index (χ0) is 17.2. The summed E-state index contributed by atoms with van der Waals surface area (Å²) in [5, 5.41) is 6.61.